The van der Waals surface area contributed by atoms with E-state index < -0.39 is 23.7 Å². The number of amides is 1. The molecule has 2 rings (SSSR count). The van der Waals surface area contributed by atoms with Gasteiger partial charge in [-0.2, -0.15) is 0 Å². The molecule has 1 atom stereocenters. The monoisotopic (exact) mass is 251 g/mol. The van der Waals surface area contributed by atoms with Gasteiger partial charge in [0.2, 0.25) is 0 Å². The summed E-state index contributed by atoms with van der Waals surface area (Å²) in [6.07, 6.45) is 1.12. The van der Waals surface area contributed by atoms with Gasteiger partial charge in [0.25, 0.3) is 5.91 Å². The topological polar surface area (TPSA) is 57.6 Å². The third-order valence-electron chi connectivity index (χ3n) is 3.30. The second-order valence-corrected chi connectivity index (χ2v) is 4.41. The van der Waals surface area contributed by atoms with Crippen molar-refractivity contribution in [1.29, 1.82) is 0 Å². The smallest absolute Gasteiger partial charge is 0.326 e. The molecule has 4 nitrogen and oxygen atoms in total. The number of hydrogen-bond donors (Lipinski definition) is 1. The van der Waals surface area contributed by atoms with Crippen molar-refractivity contribution >= 4 is 11.9 Å². The third-order valence-corrected chi connectivity index (χ3v) is 3.30. The van der Waals surface area contributed by atoms with Crippen LogP contribution in [0.5, 0.6) is 0 Å². The molecule has 0 radical (unpaired) electrons. The number of nitrogens with zero attached hydrogens (tertiary/aromatic N) is 1. The minimum atomic E-state index is -1.00. The van der Waals surface area contributed by atoms with Crippen molar-refractivity contribution in [3.05, 3.63) is 35.1 Å². The summed E-state index contributed by atoms with van der Waals surface area (Å²) in [5.74, 6) is -1.86. The van der Waals surface area contributed by atoms with Crippen LogP contribution < -0.4 is 0 Å². The zero-order valence-corrected chi connectivity index (χ0v) is 10.0. The molecule has 5 heteroatoms. The molecule has 0 aliphatic carbocycles. The first kappa shape index (κ1) is 12.5. The number of likely N-dealkylation sites (tertiary alicyclic amines) is 1. The van der Waals surface area contributed by atoms with Gasteiger partial charge in [-0.15, -0.1) is 0 Å². The van der Waals surface area contributed by atoms with Crippen molar-refractivity contribution in [2.24, 2.45) is 0 Å². The Balaban J connectivity index is 2.31. The lowest BCUT2D eigenvalue weighted by Gasteiger charge is -2.22. The summed E-state index contributed by atoms with van der Waals surface area (Å²) in [6, 6.07) is 3.48. The van der Waals surface area contributed by atoms with E-state index in [1.807, 2.05) is 0 Å². The van der Waals surface area contributed by atoms with E-state index in [-0.39, 0.29) is 11.1 Å². The highest BCUT2D eigenvalue weighted by Crippen LogP contribution is 2.22. The molecule has 0 unspecified atom stereocenters. The number of carboxylic acid groups (broad SMARTS) is 1. The van der Waals surface area contributed by atoms with Crippen molar-refractivity contribution in [2.45, 2.75) is 25.8 Å². The average Bonchev–Trinajstić information content (AvgIpc) is 2.81. The van der Waals surface area contributed by atoms with Crippen molar-refractivity contribution in [3.63, 3.8) is 0 Å². The molecular weight excluding hydrogens is 237 g/mol. The highest BCUT2D eigenvalue weighted by molar-refractivity contribution is 5.98. The molecule has 0 saturated carbocycles. The lowest BCUT2D eigenvalue weighted by Crippen LogP contribution is -2.40. The zero-order valence-electron chi connectivity index (χ0n) is 10.0. The molecule has 1 amide bonds. The van der Waals surface area contributed by atoms with Crippen LogP contribution in [0.4, 0.5) is 4.39 Å². The van der Waals surface area contributed by atoms with Crippen molar-refractivity contribution in [1.82, 2.24) is 4.90 Å². The molecule has 1 aliphatic heterocycles. The van der Waals surface area contributed by atoms with E-state index in [1.165, 1.54) is 30.0 Å². The van der Waals surface area contributed by atoms with Gasteiger partial charge in [-0.1, -0.05) is 6.07 Å². The maximum Gasteiger partial charge on any atom is 0.326 e. The molecular formula is C13H14FNO3. The number of carbonyl (C=O) groups is 2. The number of benzene rings is 1. The van der Waals surface area contributed by atoms with Gasteiger partial charge in [-0.25, -0.2) is 9.18 Å². The number of carboxylic acids is 1. The molecule has 0 spiro atoms. The summed E-state index contributed by atoms with van der Waals surface area (Å²) in [5, 5.41) is 9.04. The predicted octanol–water partition coefficient (Wildman–Crippen LogP) is 1.82. The first-order chi connectivity index (χ1) is 8.52. The Morgan fingerprint density at radius 2 is 2.17 bits per heavy atom. The van der Waals surface area contributed by atoms with Crippen molar-refractivity contribution < 1.29 is 19.1 Å². The predicted molar refractivity (Wildman–Crippen MR) is 62.8 cm³/mol. The number of rotatable bonds is 2. The van der Waals surface area contributed by atoms with Crippen LogP contribution in [0.2, 0.25) is 0 Å². The fourth-order valence-corrected chi connectivity index (χ4v) is 2.26. The normalized spacial score (nSPS) is 19.0. The SMILES string of the molecule is Cc1c(F)cccc1C(=O)N1CCC[C@@H]1C(=O)O. The first-order valence-electron chi connectivity index (χ1n) is 5.81. The van der Waals surface area contributed by atoms with Crippen LogP contribution in [-0.4, -0.2) is 34.5 Å². The molecule has 96 valence electrons. The Hall–Kier alpha value is -1.91. The highest BCUT2D eigenvalue weighted by Gasteiger charge is 2.34. The van der Waals surface area contributed by atoms with Gasteiger partial charge in [0, 0.05) is 12.1 Å². The van der Waals surface area contributed by atoms with Crippen LogP contribution >= 0.6 is 0 Å². The van der Waals surface area contributed by atoms with E-state index in [2.05, 4.69) is 0 Å². The van der Waals surface area contributed by atoms with Gasteiger partial charge in [0.1, 0.15) is 11.9 Å². The molecule has 0 aromatic heterocycles. The molecule has 1 aromatic carbocycles. The molecule has 1 heterocycles. The lowest BCUT2D eigenvalue weighted by atomic mass is 10.1. The van der Waals surface area contributed by atoms with Crippen molar-refractivity contribution in [3.8, 4) is 0 Å². The number of hydrogen-bond acceptors (Lipinski definition) is 2. The maximum atomic E-state index is 13.4. The Kier molecular flexibility index (Phi) is 3.32. The van der Waals surface area contributed by atoms with Gasteiger partial charge in [-0.3, -0.25) is 4.79 Å². The van der Waals surface area contributed by atoms with Gasteiger partial charge in [-0.05, 0) is 37.5 Å². The summed E-state index contributed by atoms with van der Waals surface area (Å²) in [5.41, 5.74) is 0.502. The molecule has 1 aliphatic rings. The van der Waals surface area contributed by atoms with E-state index in [9.17, 15) is 14.0 Å². The zero-order chi connectivity index (χ0) is 13.3. The summed E-state index contributed by atoms with van der Waals surface area (Å²) in [6.45, 7) is 1.93. The largest absolute Gasteiger partial charge is 0.480 e. The molecule has 0 bridgehead atoms. The maximum absolute atomic E-state index is 13.4. The molecule has 1 N–H and O–H groups in total. The second-order valence-electron chi connectivity index (χ2n) is 4.41. The van der Waals surface area contributed by atoms with Gasteiger partial charge < -0.3 is 10.0 Å². The number of carbonyl (C=O) groups excluding carboxylic acids is 1. The quantitative estimate of drug-likeness (QED) is 0.872. The van der Waals surface area contributed by atoms with E-state index in [0.717, 1.165) is 0 Å². The Morgan fingerprint density at radius 1 is 1.44 bits per heavy atom. The molecule has 1 saturated heterocycles. The van der Waals surface area contributed by atoms with Gasteiger partial charge >= 0.3 is 5.97 Å². The van der Waals surface area contributed by atoms with Crippen LogP contribution in [0.25, 0.3) is 0 Å². The number of halogens is 1. The van der Waals surface area contributed by atoms with E-state index in [4.69, 9.17) is 5.11 Å². The first-order valence-corrected chi connectivity index (χ1v) is 5.81. The summed E-state index contributed by atoms with van der Waals surface area (Å²) < 4.78 is 13.4. The highest BCUT2D eigenvalue weighted by atomic mass is 19.1. The summed E-state index contributed by atoms with van der Waals surface area (Å²) >= 11 is 0. The minimum absolute atomic E-state index is 0.239. The Morgan fingerprint density at radius 3 is 2.83 bits per heavy atom. The van der Waals surface area contributed by atoms with Crippen LogP contribution in [-0.2, 0) is 4.79 Å². The minimum Gasteiger partial charge on any atom is -0.480 e. The van der Waals surface area contributed by atoms with E-state index in [0.29, 0.717) is 19.4 Å². The van der Waals surface area contributed by atoms with Crippen LogP contribution in [0.3, 0.4) is 0 Å². The Bertz CT molecular complexity index is 501. The fraction of sp³-hybridized carbons (Fsp3) is 0.385. The lowest BCUT2D eigenvalue weighted by molar-refractivity contribution is -0.141. The molecule has 1 aromatic rings. The molecule has 18 heavy (non-hydrogen) atoms. The van der Waals surface area contributed by atoms with Gasteiger partial charge in [0.05, 0.1) is 0 Å². The molecule has 1 fully saturated rings. The summed E-state index contributed by atoms with van der Waals surface area (Å²) in [7, 11) is 0. The van der Waals surface area contributed by atoms with Crippen LogP contribution in [0, 0.1) is 12.7 Å². The van der Waals surface area contributed by atoms with Crippen LogP contribution in [0.15, 0.2) is 18.2 Å². The fourth-order valence-electron chi connectivity index (χ4n) is 2.26. The van der Waals surface area contributed by atoms with Crippen LogP contribution in [0.1, 0.15) is 28.8 Å². The third kappa shape index (κ3) is 2.08. The van der Waals surface area contributed by atoms with Crippen molar-refractivity contribution in [2.75, 3.05) is 6.54 Å². The summed E-state index contributed by atoms with van der Waals surface area (Å²) in [4.78, 5) is 24.6. The number of aliphatic carboxylic acids is 1. The van der Waals surface area contributed by atoms with Gasteiger partial charge in [0.15, 0.2) is 0 Å². The van der Waals surface area contributed by atoms with E-state index >= 15 is 0 Å². The van der Waals surface area contributed by atoms with E-state index in [1.54, 1.807) is 0 Å². The average molecular weight is 251 g/mol. The second kappa shape index (κ2) is 4.76. The Labute approximate surface area is 104 Å². The standard InChI is InChI=1S/C13H14FNO3/c1-8-9(4-2-5-10(8)14)12(16)15-7-3-6-11(15)13(17)18/h2,4-5,11H,3,6-7H2,1H3,(H,17,18)/t11-/m1/s1.